The van der Waals surface area contributed by atoms with Crippen molar-refractivity contribution in [2.45, 2.75) is 64.0 Å². The highest BCUT2D eigenvalue weighted by molar-refractivity contribution is 5.80. The lowest BCUT2D eigenvalue weighted by molar-refractivity contribution is -0.139. The van der Waals surface area contributed by atoms with Crippen molar-refractivity contribution in [3.63, 3.8) is 0 Å². The van der Waals surface area contributed by atoms with Crippen LogP contribution in [0.1, 0.15) is 63.5 Å². The first-order chi connectivity index (χ1) is 12.2. The molecule has 2 atom stereocenters. The summed E-state index contributed by atoms with van der Waals surface area (Å²) in [6.07, 6.45) is 7.73. The van der Waals surface area contributed by atoms with Gasteiger partial charge in [-0.1, -0.05) is 44.4 Å². The predicted octanol–water partition coefficient (Wildman–Crippen LogP) is 4.38. The van der Waals surface area contributed by atoms with Crippen LogP contribution in [0.4, 0.5) is 5.69 Å². The Morgan fingerprint density at radius 2 is 2.00 bits per heavy atom. The molecule has 1 aliphatic carbocycles. The Balaban J connectivity index is 1.86. The number of carbonyl (C=O) groups excluding carboxylic acids is 1. The number of hydrogen-bond donors (Lipinski definition) is 1. The Labute approximate surface area is 151 Å². The molecule has 1 fully saturated rings. The Morgan fingerprint density at radius 1 is 1.24 bits per heavy atom. The van der Waals surface area contributed by atoms with E-state index >= 15 is 0 Å². The van der Waals surface area contributed by atoms with Crippen LogP contribution in [-0.4, -0.2) is 37.1 Å². The zero-order chi connectivity index (χ0) is 17.6. The molecule has 1 heterocycles. The molecular weight excluding hydrogens is 312 g/mol. The van der Waals surface area contributed by atoms with Crippen molar-refractivity contribution >= 4 is 11.6 Å². The summed E-state index contributed by atoms with van der Waals surface area (Å²) in [5, 5.41) is 3.58. The Kier molecular flexibility index (Phi) is 6.35. The van der Waals surface area contributed by atoms with Crippen LogP contribution in [0.15, 0.2) is 24.3 Å². The average molecular weight is 344 g/mol. The quantitative estimate of drug-likeness (QED) is 0.833. The largest absolute Gasteiger partial charge is 0.383 e. The summed E-state index contributed by atoms with van der Waals surface area (Å²) in [5.41, 5.74) is 2.41. The number of fused-ring (bicyclic) bond motifs is 1. The summed E-state index contributed by atoms with van der Waals surface area (Å²) in [6.45, 7) is 3.68. The number of nitrogens with zero attached hydrogens (tertiary/aromatic N) is 1. The summed E-state index contributed by atoms with van der Waals surface area (Å²) in [5.74, 6) is 0.600. The molecule has 1 saturated carbocycles. The molecule has 0 unspecified atom stereocenters. The zero-order valence-corrected chi connectivity index (χ0v) is 15.7. The zero-order valence-electron chi connectivity index (χ0n) is 15.7. The minimum Gasteiger partial charge on any atom is -0.383 e. The van der Waals surface area contributed by atoms with Gasteiger partial charge in [-0.2, -0.15) is 0 Å². The topological polar surface area (TPSA) is 41.6 Å². The number of para-hydroxylation sites is 1. The number of rotatable bonds is 6. The van der Waals surface area contributed by atoms with Crippen molar-refractivity contribution < 1.29 is 9.53 Å². The molecule has 2 aliphatic rings. The fraction of sp³-hybridized carbons (Fsp3) is 0.667. The molecule has 0 bridgehead atoms. The smallest absolute Gasteiger partial charge is 0.226 e. The maximum atomic E-state index is 13.3. The third-order valence-electron chi connectivity index (χ3n) is 5.63. The fourth-order valence-electron chi connectivity index (χ4n) is 4.44. The SMILES string of the molecule is CCCN(C(=O)C1CCCCC1)[C@@H]1C[C@H](COC)Nc2ccccc21. The van der Waals surface area contributed by atoms with Gasteiger partial charge in [-0.15, -0.1) is 0 Å². The molecule has 1 aromatic rings. The molecular formula is C21H32N2O2. The first-order valence-corrected chi connectivity index (χ1v) is 9.89. The van der Waals surface area contributed by atoms with Gasteiger partial charge in [0.15, 0.2) is 0 Å². The lowest BCUT2D eigenvalue weighted by atomic mass is 9.86. The van der Waals surface area contributed by atoms with Gasteiger partial charge >= 0.3 is 0 Å². The third kappa shape index (κ3) is 4.17. The number of hydrogen-bond acceptors (Lipinski definition) is 3. The first-order valence-electron chi connectivity index (χ1n) is 9.89. The van der Waals surface area contributed by atoms with E-state index in [0.717, 1.165) is 37.9 Å². The monoisotopic (exact) mass is 344 g/mol. The van der Waals surface area contributed by atoms with Gasteiger partial charge in [0.2, 0.25) is 5.91 Å². The molecule has 0 saturated heterocycles. The first kappa shape index (κ1) is 18.2. The summed E-state index contributed by atoms with van der Waals surface area (Å²) in [4.78, 5) is 15.5. The van der Waals surface area contributed by atoms with Crippen molar-refractivity contribution in [1.82, 2.24) is 4.90 Å². The van der Waals surface area contributed by atoms with Gasteiger partial charge in [0.1, 0.15) is 0 Å². The van der Waals surface area contributed by atoms with Gasteiger partial charge in [-0.05, 0) is 37.3 Å². The number of nitrogens with one attached hydrogen (secondary N) is 1. The van der Waals surface area contributed by atoms with Gasteiger partial charge in [-0.3, -0.25) is 4.79 Å². The number of anilines is 1. The number of benzene rings is 1. The van der Waals surface area contributed by atoms with E-state index in [1.807, 2.05) is 0 Å². The molecule has 1 aromatic carbocycles. The minimum atomic E-state index is 0.159. The normalized spacial score (nSPS) is 23.6. The van der Waals surface area contributed by atoms with Crippen LogP contribution in [0, 0.1) is 5.92 Å². The van der Waals surface area contributed by atoms with Crippen LogP contribution in [-0.2, 0) is 9.53 Å². The van der Waals surface area contributed by atoms with E-state index in [1.165, 1.54) is 24.8 Å². The second-order valence-electron chi connectivity index (χ2n) is 7.50. The third-order valence-corrected chi connectivity index (χ3v) is 5.63. The van der Waals surface area contributed by atoms with Gasteiger partial charge in [0, 0.05) is 25.3 Å². The van der Waals surface area contributed by atoms with Crippen molar-refractivity contribution in [3.8, 4) is 0 Å². The van der Waals surface area contributed by atoms with Gasteiger partial charge < -0.3 is 15.0 Å². The van der Waals surface area contributed by atoms with Crippen LogP contribution in [0.3, 0.4) is 0 Å². The van der Waals surface area contributed by atoms with Crippen molar-refractivity contribution in [3.05, 3.63) is 29.8 Å². The van der Waals surface area contributed by atoms with E-state index < -0.39 is 0 Å². The molecule has 0 aromatic heterocycles. The van der Waals surface area contributed by atoms with E-state index in [9.17, 15) is 4.79 Å². The lowest BCUT2D eigenvalue weighted by Crippen LogP contribution is -2.45. The van der Waals surface area contributed by atoms with Crippen LogP contribution >= 0.6 is 0 Å². The number of carbonyl (C=O) groups is 1. The molecule has 0 spiro atoms. The molecule has 4 heteroatoms. The highest BCUT2D eigenvalue weighted by atomic mass is 16.5. The Bertz CT molecular complexity index is 569. The lowest BCUT2D eigenvalue weighted by Gasteiger charge is -2.41. The maximum absolute atomic E-state index is 13.3. The molecule has 1 amide bonds. The Hall–Kier alpha value is -1.55. The van der Waals surface area contributed by atoms with Crippen molar-refractivity contribution in [1.29, 1.82) is 0 Å². The van der Waals surface area contributed by atoms with Crippen molar-refractivity contribution in [2.24, 2.45) is 5.92 Å². The molecule has 0 radical (unpaired) electrons. The van der Waals surface area contributed by atoms with E-state index in [0.29, 0.717) is 12.5 Å². The maximum Gasteiger partial charge on any atom is 0.226 e. The second kappa shape index (κ2) is 8.70. The average Bonchev–Trinajstić information content (AvgIpc) is 2.66. The highest BCUT2D eigenvalue weighted by Crippen LogP contribution is 2.38. The van der Waals surface area contributed by atoms with Crippen LogP contribution in [0.2, 0.25) is 0 Å². The van der Waals surface area contributed by atoms with E-state index in [1.54, 1.807) is 7.11 Å². The van der Waals surface area contributed by atoms with E-state index in [-0.39, 0.29) is 18.0 Å². The Morgan fingerprint density at radius 3 is 2.72 bits per heavy atom. The molecule has 4 nitrogen and oxygen atoms in total. The van der Waals surface area contributed by atoms with E-state index in [4.69, 9.17) is 4.74 Å². The number of ether oxygens (including phenoxy) is 1. The summed E-state index contributed by atoms with van der Waals surface area (Å²) < 4.78 is 5.40. The standard InChI is InChI=1S/C21H32N2O2/c1-3-13-23(21(24)16-9-5-4-6-10-16)20-14-17(15-25-2)22-19-12-8-7-11-18(19)20/h7-8,11-12,16-17,20,22H,3-6,9-10,13-15H2,1-2H3/t17-,20-/m1/s1. The molecule has 25 heavy (non-hydrogen) atoms. The summed E-state index contributed by atoms with van der Waals surface area (Å²) in [6, 6.07) is 8.85. The van der Waals surface area contributed by atoms with Crippen LogP contribution in [0.5, 0.6) is 0 Å². The number of methoxy groups -OCH3 is 1. The van der Waals surface area contributed by atoms with Crippen molar-refractivity contribution in [2.75, 3.05) is 25.6 Å². The van der Waals surface area contributed by atoms with E-state index in [2.05, 4.69) is 41.4 Å². The van der Waals surface area contributed by atoms with Crippen LogP contribution < -0.4 is 5.32 Å². The van der Waals surface area contributed by atoms with Gasteiger partial charge in [0.25, 0.3) is 0 Å². The highest BCUT2D eigenvalue weighted by Gasteiger charge is 2.35. The van der Waals surface area contributed by atoms with Gasteiger partial charge in [0.05, 0.1) is 18.7 Å². The fourth-order valence-corrected chi connectivity index (χ4v) is 4.44. The van der Waals surface area contributed by atoms with Crippen LogP contribution in [0.25, 0.3) is 0 Å². The molecule has 3 rings (SSSR count). The predicted molar refractivity (Wildman–Crippen MR) is 102 cm³/mol. The minimum absolute atomic E-state index is 0.159. The summed E-state index contributed by atoms with van der Waals surface area (Å²) in [7, 11) is 1.74. The second-order valence-corrected chi connectivity index (χ2v) is 7.50. The molecule has 1 aliphatic heterocycles. The molecule has 1 N–H and O–H groups in total. The molecule has 138 valence electrons. The van der Waals surface area contributed by atoms with Gasteiger partial charge in [-0.25, -0.2) is 0 Å². The summed E-state index contributed by atoms with van der Waals surface area (Å²) >= 11 is 0. The number of amides is 1.